The number of thioether (sulfide) groups is 1. The number of nitrogens with one attached hydrogen (secondary N) is 1. The third-order valence-corrected chi connectivity index (χ3v) is 4.67. The summed E-state index contributed by atoms with van der Waals surface area (Å²) in [5.74, 6) is 1.31. The van der Waals surface area contributed by atoms with Crippen molar-refractivity contribution < 1.29 is 0 Å². The first kappa shape index (κ1) is 14.9. The molecule has 114 valence electrons. The molecule has 6 nitrogen and oxygen atoms in total. The number of hydrogen-bond donors (Lipinski definition) is 1. The fourth-order valence-electron chi connectivity index (χ4n) is 2.16. The lowest BCUT2D eigenvalue weighted by atomic mass is 10.4. The van der Waals surface area contributed by atoms with Gasteiger partial charge in [-0.3, -0.25) is 14.3 Å². The lowest BCUT2D eigenvalue weighted by molar-refractivity contribution is 0.829. The Labute approximate surface area is 134 Å². The molecule has 0 atom stereocenters. The molecule has 3 aromatic rings. The predicted octanol–water partition coefficient (Wildman–Crippen LogP) is 1.91. The average molecular weight is 337 g/mol. The number of rotatable bonds is 3. The van der Waals surface area contributed by atoms with E-state index in [0.29, 0.717) is 21.9 Å². The second-order valence-electron chi connectivity index (χ2n) is 4.82. The van der Waals surface area contributed by atoms with Crippen molar-refractivity contribution in [2.75, 3.05) is 0 Å². The van der Waals surface area contributed by atoms with Crippen LogP contribution in [0.3, 0.4) is 0 Å². The first-order valence-corrected chi connectivity index (χ1v) is 7.86. The van der Waals surface area contributed by atoms with Crippen molar-refractivity contribution in [2.45, 2.75) is 10.6 Å². The fraction of sp³-hybridized carbons (Fsp3) is 0.214. The van der Waals surface area contributed by atoms with E-state index in [9.17, 15) is 9.59 Å². The summed E-state index contributed by atoms with van der Waals surface area (Å²) >= 11 is 7.45. The number of imidazole rings is 1. The highest BCUT2D eigenvalue weighted by molar-refractivity contribution is 7.98. The Balaban J connectivity index is 1.98. The van der Waals surface area contributed by atoms with Gasteiger partial charge in [0, 0.05) is 24.0 Å². The van der Waals surface area contributed by atoms with Gasteiger partial charge in [-0.1, -0.05) is 11.6 Å². The van der Waals surface area contributed by atoms with E-state index in [1.807, 2.05) is 24.3 Å². The van der Waals surface area contributed by atoms with Crippen molar-refractivity contribution >= 4 is 34.5 Å². The molecule has 0 aliphatic heterocycles. The van der Waals surface area contributed by atoms with Gasteiger partial charge in [-0.25, -0.2) is 9.78 Å². The number of fused-ring (bicyclic) bond motifs is 1. The quantitative estimate of drug-likeness (QED) is 0.741. The minimum atomic E-state index is -0.465. The van der Waals surface area contributed by atoms with Crippen LogP contribution in [-0.4, -0.2) is 19.1 Å². The number of hydrogen-bond acceptors (Lipinski definition) is 4. The van der Waals surface area contributed by atoms with Crippen LogP contribution >= 0.6 is 23.4 Å². The number of aromatic amines is 1. The second-order valence-corrected chi connectivity index (χ2v) is 6.31. The van der Waals surface area contributed by atoms with Crippen LogP contribution in [0.25, 0.3) is 11.2 Å². The van der Waals surface area contributed by atoms with Crippen molar-refractivity contribution in [2.24, 2.45) is 14.1 Å². The monoisotopic (exact) mass is 336 g/mol. The first-order chi connectivity index (χ1) is 10.5. The maximum Gasteiger partial charge on any atom is 0.329 e. The highest BCUT2D eigenvalue weighted by atomic mass is 35.5. The molecule has 0 saturated heterocycles. The van der Waals surface area contributed by atoms with Crippen molar-refractivity contribution in [3.8, 4) is 0 Å². The Morgan fingerprint density at radius 3 is 2.55 bits per heavy atom. The van der Waals surface area contributed by atoms with E-state index in [1.165, 1.54) is 4.57 Å². The molecule has 0 bridgehead atoms. The molecule has 0 unspecified atom stereocenters. The smallest absolute Gasteiger partial charge is 0.325 e. The van der Waals surface area contributed by atoms with E-state index in [-0.39, 0.29) is 0 Å². The molecule has 1 N–H and O–H groups in total. The fourth-order valence-corrected chi connectivity index (χ4v) is 3.17. The van der Waals surface area contributed by atoms with E-state index in [4.69, 9.17) is 11.6 Å². The van der Waals surface area contributed by atoms with E-state index < -0.39 is 11.2 Å². The molecule has 0 amide bonds. The normalized spacial score (nSPS) is 11.2. The van der Waals surface area contributed by atoms with E-state index in [2.05, 4.69) is 9.97 Å². The van der Waals surface area contributed by atoms with Gasteiger partial charge < -0.3 is 4.57 Å². The van der Waals surface area contributed by atoms with E-state index >= 15 is 0 Å². The van der Waals surface area contributed by atoms with Crippen molar-refractivity contribution in [1.29, 1.82) is 0 Å². The molecule has 1 aromatic carbocycles. The predicted molar refractivity (Wildman–Crippen MR) is 87.6 cm³/mol. The molecular formula is C14H13ClN4O2S. The molecular weight excluding hydrogens is 324 g/mol. The Hall–Kier alpha value is -1.99. The van der Waals surface area contributed by atoms with Crippen LogP contribution in [0, 0.1) is 0 Å². The van der Waals surface area contributed by atoms with Gasteiger partial charge >= 0.3 is 5.69 Å². The van der Waals surface area contributed by atoms with Gasteiger partial charge in [0.25, 0.3) is 5.56 Å². The van der Waals surface area contributed by atoms with Crippen LogP contribution in [0.15, 0.2) is 38.8 Å². The van der Waals surface area contributed by atoms with Crippen LogP contribution in [0.5, 0.6) is 0 Å². The summed E-state index contributed by atoms with van der Waals surface area (Å²) < 4.78 is 3.06. The number of aromatic nitrogens is 4. The lowest BCUT2D eigenvalue weighted by Crippen LogP contribution is -2.29. The van der Waals surface area contributed by atoms with E-state index in [1.54, 1.807) is 30.4 Å². The Bertz CT molecular complexity index is 956. The molecule has 0 aliphatic carbocycles. The van der Waals surface area contributed by atoms with Crippen LogP contribution in [-0.2, 0) is 19.8 Å². The summed E-state index contributed by atoms with van der Waals surface area (Å²) in [6, 6.07) is 7.51. The first-order valence-electron chi connectivity index (χ1n) is 6.50. The minimum Gasteiger partial charge on any atom is -0.325 e. The van der Waals surface area contributed by atoms with Gasteiger partial charge in [0.1, 0.15) is 5.82 Å². The van der Waals surface area contributed by atoms with Gasteiger partial charge in [-0.05, 0) is 24.3 Å². The number of halogens is 1. The van der Waals surface area contributed by atoms with E-state index in [0.717, 1.165) is 10.7 Å². The van der Waals surface area contributed by atoms with Crippen molar-refractivity contribution in [3.63, 3.8) is 0 Å². The summed E-state index contributed by atoms with van der Waals surface area (Å²) in [4.78, 5) is 31.3. The van der Waals surface area contributed by atoms with Gasteiger partial charge in [0.05, 0.1) is 5.75 Å². The zero-order chi connectivity index (χ0) is 15.9. The van der Waals surface area contributed by atoms with Gasteiger partial charge in [-0.2, -0.15) is 0 Å². The van der Waals surface area contributed by atoms with Crippen LogP contribution in [0.2, 0.25) is 5.02 Å². The maximum atomic E-state index is 11.9. The second kappa shape index (κ2) is 5.66. The molecule has 8 heteroatoms. The summed E-state index contributed by atoms with van der Waals surface area (Å²) in [7, 11) is 3.36. The molecule has 0 spiro atoms. The third kappa shape index (κ3) is 2.57. The molecule has 2 heterocycles. The van der Waals surface area contributed by atoms with Gasteiger partial charge in [0.2, 0.25) is 0 Å². The number of nitrogens with zero attached hydrogens (tertiary/aromatic N) is 3. The minimum absolute atomic E-state index is 0.392. The summed E-state index contributed by atoms with van der Waals surface area (Å²) in [5, 5.41) is 0.689. The van der Waals surface area contributed by atoms with Crippen LogP contribution < -0.4 is 11.2 Å². The van der Waals surface area contributed by atoms with Crippen molar-refractivity contribution in [1.82, 2.24) is 19.1 Å². The Kier molecular flexibility index (Phi) is 3.84. The maximum absolute atomic E-state index is 11.9. The molecule has 0 aliphatic rings. The van der Waals surface area contributed by atoms with Crippen LogP contribution in [0.4, 0.5) is 0 Å². The third-order valence-electron chi connectivity index (χ3n) is 3.41. The largest absolute Gasteiger partial charge is 0.329 e. The molecule has 3 rings (SSSR count). The topological polar surface area (TPSA) is 72.7 Å². The lowest BCUT2D eigenvalue weighted by Gasteiger charge is -2.02. The van der Waals surface area contributed by atoms with Crippen molar-refractivity contribution in [3.05, 3.63) is 56.0 Å². The summed E-state index contributed by atoms with van der Waals surface area (Å²) in [6.45, 7) is 0. The highest BCUT2D eigenvalue weighted by Gasteiger charge is 2.14. The average Bonchev–Trinajstić information content (AvgIpc) is 2.82. The highest BCUT2D eigenvalue weighted by Crippen LogP contribution is 2.24. The van der Waals surface area contributed by atoms with Gasteiger partial charge in [0.15, 0.2) is 11.2 Å². The Morgan fingerprint density at radius 2 is 1.86 bits per heavy atom. The molecule has 0 fully saturated rings. The summed E-state index contributed by atoms with van der Waals surface area (Å²) in [5.41, 5.74) is -0.0971. The molecule has 0 saturated carbocycles. The number of benzene rings is 1. The van der Waals surface area contributed by atoms with Crippen LogP contribution in [0.1, 0.15) is 5.82 Å². The zero-order valence-corrected chi connectivity index (χ0v) is 13.5. The molecule has 2 aromatic heterocycles. The zero-order valence-electron chi connectivity index (χ0n) is 12.0. The number of H-pyrrole nitrogens is 1. The number of aryl methyl sites for hydroxylation is 2. The standard InChI is InChI=1S/C14H13ClN4O2S/c1-18-10(7-22-9-5-3-8(15)4-6-9)16-12-11(18)13(20)17-14(21)19(12)2/h3-6H,7H2,1-2H3,(H,17,20,21). The van der Waals surface area contributed by atoms with Gasteiger partial charge in [-0.15, -0.1) is 11.8 Å². The Morgan fingerprint density at radius 1 is 1.18 bits per heavy atom. The summed E-state index contributed by atoms with van der Waals surface area (Å²) in [6.07, 6.45) is 0. The SMILES string of the molecule is Cn1c(CSc2ccc(Cl)cc2)nc2c1c(=O)[nH]c(=O)n2C. The molecule has 22 heavy (non-hydrogen) atoms. The molecule has 0 radical (unpaired) electrons.